The van der Waals surface area contributed by atoms with Crippen LogP contribution in [-0.4, -0.2) is 11.5 Å². The highest BCUT2D eigenvalue weighted by Gasteiger charge is 2.37. The fourth-order valence-electron chi connectivity index (χ4n) is 2.06. The van der Waals surface area contributed by atoms with Crippen LogP contribution in [0, 0.1) is 0 Å². The van der Waals surface area contributed by atoms with Gasteiger partial charge in [0.05, 0.1) is 11.1 Å². The Hall–Kier alpha value is -2.57. The van der Waals surface area contributed by atoms with Crippen LogP contribution in [0.1, 0.15) is 11.1 Å². The minimum absolute atomic E-state index is 0.0305. The molecule has 29 heavy (non-hydrogen) atoms. The molecule has 0 heterocycles. The molecule has 0 aliphatic heterocycles. The summed E-state index contributed by atoms with van der Waals surface area (Å²) in [5, 5.41) is 3.93. The average molecular weight is 448 g/mol. The summed E-state index contributed by atoms with van der Waals surface area (Å²) in [6.45, 7) is 0. The van der Waals surface area contributed by atoms with E-state index in [1.165, 1.54) is 0 Å². The highest BCUT2D eigenvalue weighted by Crippen LogP contribution is 2.38. The summed E-state index contributed by atoms with van der Waals surface area (Å²) in [4.78, 5) is 11.7. The van der Waals surface area contributed by atoms with Gasteiger partial charge in [0.1, 0.15) is 0 Å². The number of amides is 2. The predicted octanol–water partition coefficient (Wildman–Crippen LogP) is 6.98. The maximum Gasteiger partial charge on any atom is 0.446 e. The van der Waals surface area contributed by atoms with Crippen LogP contribution in [0.2, 0.25) is 0 Å². The summed E-state index contributed by atoms with van der Waals surface area (Å²) >= 11 is -0.403. The molecule has 0 radical (unpaired) electrons. The zero-order valence-electron chi connectivity index (χ0n) is 13.8. The van der Waals surface area contributed by atoms with Gasteiger partial charge in [-0.25, -0.2) is 4.79 Å². The molecule has 0 aromatic heterocycles. The van der Waals surface area contributed by atoms with Crippen LogP contribution in [0.4, 0.5) is 55.7 Å². The molecule has 13 heteroatoms. The quantitative estimate of drug-likeness (QED) is 0.393. The van der Waals surface area contributed by atoms with E-state index in [2.05, 4.69) is 5.32 Å². The van der Waals surface area contributed by atoms with Crippen LogP contribution in [0.5, 0.6) is 0 Å². The molecule has 2 aromatic carbocycles. The molecule has 2 aromatic rings. The Bertz CT molecular complexity index is 842. The third kappa shape index (κ3) is 7.07. The van der Waals surface area contributed by atoms with Gasteiger partial charge in [0.25, 0.3) is 0 Å². The molecule has 2 N–H and O–H groups in total. The van der Waals surface area contributed by atoms with Crippen molar-refractivity contribution in [2.45, 2.75) is 22.8 Å². The molecular formula is C16H9F9N2OS. The van der Waals surface area contributed by atoms with Crippen molar-refractivity contribution < 1.29 is 44.3 Å². The smallest absolute Gasteiger partial charge is 0.308 e. The van der Waals surface area contributed by atoms with E-state index in [0.717, 1.165) is 24.3 Å². The minimum atomic E-state index is -5.08. The monoisotopic (exact) mass is 448 g/mol. The topological polar surface area (TPSA) is 41.1 Å². The lowest BCUT2D eigenvalue weighted by molar-refractivity contribution is -0.143. The first-order valence-electron chi connectivity index (χ1n) is 7.37. The Morgan fingerprint density at radius 3 is 1.55 bits per heavy atom. The Kier molecular flexibility index (Phi) is 6.30. The molecule has 0 atom stereocenters. The van der Waals surface area contributed by atoms with E-state index in [1.807, 2.05) is 5.32 Å². The summed E-state index contributed by atoms with van der Waals surface area (Å²) in [5.74, 6) is 0. The predicted molar refractivity (Wildman–Crippen MR) is 87.4 cm³/mol. The number of alkyl halides is 9. The second kappa shape index (κ2) is 8.05. The molecule has 0 fully saturated rings. The van der Waals surface area contributed by atoms with Crippen LogP contribution < -0.4 is 10.6 Å². The summed E-state index contributed by atoms with van der Waals surface area (Å²) in [5.41, 5.74) is -8.55. The number of carbonyl (C=O) groups is 1. The Morgan fingerprint density at radius 1 is 0.690 bits per heavy atom. The molecule has 0 saturated carbocycles. The van der Waals surface area contributed by atoms with Crippen molar-refractivity contribution in [3.63, 3.8) is 0 Å². The zero-order valence-corrected chi connectivity index (χ0v) is 14.6. The molecule has 2 rings (SSSR count). The average Bonchev–Trinajstić information content (AvgIpc) is 2.53. The van der Waals surface area contributed by atoms with Crippen molar-refractivity contribution in [2.75, 3.05) is 10.6 Å². The standard InChI is InChI=1S/C16H9F9N2OS/c17-14(18,19)8-5-9(15(20,21)22)7-11(6-8)27-13(28)26-10-1-3-12(4-2-10)29-16(23,24)25/h1-7H,(H2,26,27,28). The summed E-state index contributed by atoms with van der Waals surface area (Å²) in [6, 6.07) is 3.57. The number of hydrogen-bond acceptors (Lipinski definition) is 2. The minimum Gasteiger partial charge on any atom is -0.308 e. The van der Waals surface area contributed by atoms with Crippen molar-refractivity contribution in [1.82, 2.24) is 0 Å². The number of nitrogens with one attached hydrogen (secondary N) is 2. The lowest BCUT2D eigenvalue weighted by atomic mass is 10.1. The van der Waals surface area contributed by atoms with Gasteiger partial charge in [-0.3, -0.25) is 0 Å². The van der Waals surface area contributed by atoms with E-state index in [1.54, 1.807) is 0 Å². The molecule has 2 amide bonds. The highest BCUT2D eigenvalue weighted by atomic mass is 32.2. The lowest BCUT2D eigenvalue weighted by Gasteiger charge is -2.15. The number of rotatable bonds is 3. The molecule has 0 aliphatic rings. The number of hydrogen-bond donors (Lipinski definition) is 2. The largest absolute Gasteiger partial charge is 0.446 e. The molecule has 0 unspecified atom stereocenters. The maximum absolute atomic E-state index is 12.8. The van der Waals surface area contributed by atoms with E-state index >= 15 is 0 Å². The van der Waals surface area contributed by atoms with Crippen LogP contribution in [0.25, 0.3) is 0 Å². The van der Waals surface area contributed by atoms with Gasteiger partial charge in [0.15, 0.2) is 0 Å². The Balaban J connectivity index is 2.16. The van der Waals surface area contributed by atoms with E-state index in [9.17, 15) is 44.3 Å². The number of anilines is 2. The van der Waals surface area contributed by atoms with Gasteiger partial charge in [-0.15, -0.1) is 0 Å². The van der Waals surface area contributed by atoms with Gasteiger partial charge in [-0.05, 0) is 54.2 Å². The molecule has 0 bridgehead atoms. The summed E-state index contributed by atoms with van der Waals surface area (Å²) < 4.78 is 114. The van der Waals surface area contributed by atoms with Crippen LogP contribution in [0.15, 0.2) is 47.4 Å². The first kappa shape index (κ1) is 22.7. The van der Waals surface area contributed by atoms with Gasteiger partial charge in [0.2, 0.25) is 0 Å². The molecular weight excluding hydrogens is 439 g/mol. The number of benzene rings is 2. The highest BCUT2D eigenvalue weighted by molar-refractivity contribution is 8.00. The Labute approximate surface area is 161 Å². The van der Waals surface area contributed by atoms with Crippen LogP contribution in [0.3, 0.4) is 0 Å². The van der Waals surface area contributed by atoms with Gasteiger partial charge >= 0.3 is 23.9 Å². The first-order chi connectivity index (χ1) is 13.1. The molecule has 0 aliphatic carbocycles. The van der Waals surface area contributed by atoms with E-state index in [-0.39, 0.29) is 16.6 Å². The van der Waals surface area contributed by atoms with Crippen molar-refractivity contribution in [1.29, 1.82) is 0 Å². The van der Waals surface area contributed by atoms with Crippen molar-refractivity contribution in [2.24, 2.45) is 0 Å². The van der Waals surface area contributed by atoms with Crippen molar-refractivity contribution >= 4 is 29.2 Å². The summed E-state index contributed by atoms with van der Waals surface area (Å²) in [7, 11) is 0. The third-order valence-corrected chi connectivity index (χ3v) is 3.93. The number of urea groups is 1. The summed E-state index contributed by atoms with van der Waals surface area (Å²) in [6.07, 6.45) is -10.2. The Morgan fingerprint density at radius 2 is 1.14 bits per heavy atom. The third-order valence-electron chi connectivity index (χ3n) is 3.19. The number of thioether (sulfide) groups is 1. The van der Waals surface area contributed by atoms with Crippen LogP contribution in [-0.2, 0) is 12.4 Å². The van der Waals surface area contributed by atoms with Gasteiger partial charge in [0, 0.05) is 16.3 Å². The SMILES string of the molecule is O=C(Nc1ccc(SC(F)(F)F)cc1)Nc1cc(C(F)(F)F)cc(C(F)(F)F)c1. The van der Waals surface area contributed by atoms with Gasteiger partial charge in [-0.2, -0.15) is 39.5 Å². The van der Waals surface area contributed by atoms with E-state index in [0.29, 0.717) is 12.1 Å². The second-order valence-corrected chi connectivity index (χ2v) is 6.58. The van der Waals surface area contributed by atoms with Crippen molar-refractivity contribution in [3.05, 3.63) is 53.6 Å². The molecule has 3 nitrogen and oxygen atoms in total. The van der Waals surface area contributed by atoms with Gasteiger partial charge < -0.3 is 10.6 Å². The van der Waals surface area contributed by atoms with Crippen molar-refractivity contribution in [3.8, 4) is 0 Å². The van der Waals surface area contributed by atoms with E-state index < -0.39 is 52.5 Å². The van der Waals surface area contributed by atoms with E-state index in [4.69, 9.17) is 0 Å². The van der Waals surface area contributed by atoms with Crippen LogP contribution >= 0.6 is 11.8 Å². The molecule has 158 valence electrons. The van der Waals surface area contributed by atoms with Gasteiger partial charge in [-0.1, -0.05) is 0 Å². The fourth-order valence-corrected chi connectivity index (χ4v) is 2.60. The number of halogens is 9. The molecule has 0 spiro atoms. The molecule has 0 saturated heterocycles. The first-order valence-corrected chi connectivity index (χ1v) is 8.18. The fraction of sp³-hybridized carbons (Fsp3) is 0.188. The lowest BCUT2D eigenvalue weighted by Crippen LogP contribution is -2.20. The zero-order chi connectivity index (χ0) is 22.0. The normalized spacial score (nSPS) is 12.6. The maximum atomic E-state index is 12.8. The number of carbonyl (C=O) groups excluding carboxylic acids is 1. The second-order valence-electron chi connectivity index (χ2n) is 5.45.